The smallest absolute Gasteiger partial charge is 0.157 e. The lowest BCUT2D eigenvalue weighted by molar-refractivity contribution is 0.232. The summed E-state index contributed by atoms with van der Waals surface area (Å²) in [6.07, 6.45) is 3.35. The van der Waals surface area contributed by atoms with Crippen molar-refractivity contribution in [1.29, 1.82) is 0 Å². The average Bonchev–Trinajstić information content (AvgIpc) is 2.20. The largest absolute Gasteiger partial charge is 0.501 e. The molecule has 0 aromatic heterocycles. The van der Waals surface area contributed by atoms with Gasteiger partial charge in [0, 0.05) is 6.42 Å². The van der Waals surface area contributed by atoms with Crippen LogP contribution in [0.5, 0.6) is 0 Å². The summed E-state index contributed by atoms with van der Waals surface area (Å²) in [5.41, 5.74) is 0. The highest BCUT2D eigenvalue weighted by molar-refractivity contribution is 7.99. The van der Waals surface area contributed by atoms with Gasteiger partial charge >= 0.3 is 0 Å². The lowest BCUT2D eigenvalue weighted by Crippen LogP contribution is -2.50. The molecule has 7 heteroatoms. The normalized spacial score (nSPS) is 31.4. The highest BCUT2D eigenvalue weighted by Gasteiger charge is 2.46. The van der Waals surface area contributed by atoms with Crippen molar-refractivity contribution < 1.29 is 21.6 Å². The lowest BCUT2D eigenvalue weighted by atomic mass is 10.1. The van der Waals surface area contributed by atoms with Gasteiger partial charge in [0.1, 0.15) is 0 Å². The molecule has 1 unspecified atom stereocenters. The van der Waals surface area contributed by atoms with Crippen molar-refractivity contribution in [2.45, 2.75) is 25.0 Å². The predicted molar refractivity (Wildman–Crippen MR) is 66.2 cm³/mol. The number of rotatable bonds is 4. The molecule has 0 spiro atoms. The standard InChI is InChI=1S/C10H18O5S2/c1-3-5-15-6-4-10(2)9-16(11,12)7-8-17(10,13)14/h3,5H,4,6-9H2,1-2H3/b5-3+. The Hall–Kier alpha value is -0.560. The van der Waals surface area contributed by atoms with Crippen LogP contribution >= 0.6 is 0 Å². The van der Waals surface area contributed by atoms with Crippen LogP contribution in [-0.2, 0) is 24.4 Å². The first kappa shape index (κ1) is 14.5. The van der Waals surface area contributed by atoms with Gasteiger partial charge in [-0.25, -0.2) is 16.8 Å². The Balaban J connectivity index is 2.81. The van der Waals surface area contributed by atoms with Crippen molar-refractivity contribution >= 4 is 19.7 Å². The number of allylic oxidation sites excluding steroid dienone is 1. The van der Waals surface area contributed by atoms with Gasteiger partial charge in [0.2, 0.25) is 0 Å². The lowest BCUT2D eigenvalue weighted by Gasteiger charge is -2.32. The molecular weight excluding hydrogens is 264 g/mol. The Morgan fingerprint density at radius 3 is 2.47 bits per heavy atom. The Bertz CT molecular complexity index is 489. The highest BCUT2D eigenvalue weighted by Crippen LogP contribution is 2.29. The zero-order valence-electron chi connectivity index (χ0n) is 10.0. The van der Waals surface area contributed by atoms with Gasteiger partial charge in [-0.05, 0) is 13.8 Å². The second-order valence-electron chi connectivity index (χ2n) is 4.45. The zero-order valence-corrected chi connectivity index (χ0v) is 11.7. The topological polar surface area (TPSA) is 77.5 Å². The Morgan fingerprint density at radius 2 is 1.88 bits per heavy atom. The summed E-state index contributed by atoms with van der Waals surface area (Å²) in [7, 11) is -6.62. The second-order valence-corrected chi connectivity index (χ2v) is 9.26. The Labute approximate surface area is 103 Å². The van der Waals surface area contributed by atoms with Crippen LogP contribution in [0, 0.1) is 0 Å². The Kier molecular flexibility index (Phi) is 4.24. The van der Waals surface area contributed by atoms with Gasteiger partial charge < -0.3 is 4.74 Å². The molecule has 1 aliphatic heterocycles. The van der Waals surface area contributed by atoms with E-state index in [2.05, 4.69) is 0 Å². The summed E-state index contributed by atoms with van der Waals surface area (Å²) in [5.74, 6) is -0.850. The minimum absolute atomic E-state index is 0.193. The van der Waals surface area contributed by atoms with Gasteiger partial charge in [-0.3, -0.25) is 0 Å². The molecule has 1 heterocycles. The van der Waals surface area contributed by atoms with E-state index < -0.39 is 24.4 Å². The molecule has 0 saturated carbocycles. The van der Waals surface area contributed by atoms with Crippen molar-refractivity contribution in [2.24, 2.45) is 0 Å². The fraction of sp³-hybridized carbons (Fsp3) is 0.800. The van der Waals surface area contributed by atoms with Crippen molar-refractivity contribution in [2.75, 3.05) is 23.9 Å². The fourth-order valence-corrected chi connectivity index (χ4v) is 7.03. The van der Waals surface area contributed by atoms with Gasteiger partial charge in [-0.15, -0.1) is 0 Å². The molecule has 0 bridgehead atoms. The van der Waals surface area contributed by atoms with Crippen LogP contribution in [0.4, 0.5) is 0 Å². The second kappa shape index (κ2) is 4.97. The number of sulfone groups is 2. The molecule has 100 valence electrons. The van der Waals surface area contributed by atoms with E-state index in [1.54, 1.807) is 13.0 Å². The minimum Gasteiger partial charge on any atom is -0.501 e. The van der Waals surface area contributed by atoms with Crippen LogP contribution in [-0.4, -0.2) is 45.4 Å². The summed E-state index contributed by atoms with van der Waals surface area (Å²) in [4.78, 5) is 0. The van der Waals surface area contributed by atoms with E-state index in [9.17, 15) is 16.8 Å². The first-order valence-corrected chi connectivity index (χ1v) is 8.85. The quantitative estimate of drug-likeness (QED) is 0.555. The summed E-state index contributed by atoms with van der Waals surface area (Å²) >= 11 is 0. The molecule has 0 aromatic carbocycles. The van der Waals surface area contributed by atoms with E-state index >= 15 is 0 Å². The fourth-order valence-electron chi connectivity index (χ4n) is 1.78. The van der Waals surface area contributed by atoms with E-state index in [1.807, 2.05) is 0 Å². The predicted octanol–water partition coefficient (Wildman–Crippen LogP) is 0.529. The summed E-state index contributed by atoms with van der Waals surface area (Å²) in [5, 5.41) is 0. The third kappa shape index (κ3) is 3.45. The first-order chi connectivity index (χ1) is 7.72. The number of hydrogen-bond acceptors (Lipinski definition) is 5. The molecule has 5 nitrogen and oxygen atoms in total. The third-order valence-electron chi connectivity index (χ3n) is 2.92. The van der Waals surface area contributed by atoms with E-state index in [4.69, 9.17) is 4.74 Å². The van der Waals surface area contributed by atoms with E-state index in [-0.39, 0.29) is 30.3 Å². The summed E-state index contributed by atoms with van der Waals surface area (Å²) < 4.78 is 50.7. The maximum absolute atomic E-state index is 11.9. The van der Waals surface area contributed by atoms with E-state index in [1.165, 1.54) is 13.2 Å². The van der Waals surface area contributed by atoms with Crippen LogP contribution < -0.4 is 0 Å². The molecule has 0 radical (unpaired) electrons. The van der Waals surface area contributed by atoms with Gasteiger partial charge in [0.05, 0.1) is 34.9 Å². The van der Waals surface area contributed by atoms with Gasteiger partial charge in [-0.2, -0.15) is 0 Å². The molecule has 0 aromatic rings. The summed E-state index contributed by atoms with van der Waals surface area (Å²) in [6.45, 7) is 3.47. The van der Waals surface area contributed by atoms with Crippen LogP contribution in [0.1, 0.15) is 20.3 Å². The zero-order chi connectivity index (χ0) is 13.2. The van der Waals surface area contributed by atoms with Crippen molar-refractivity contribution in [3.8, 4) is 0 Å². The maximum Gasteiger partial charge on any atom is 0.157 e. The molecular formula is C10H18O5S2. The molecule has 0 aliphatic carbocycles. The molecule has 1 atom stereocenters. The SMILES string of the molecule is C/C=C/OCCC1(C)CS(=O)(=O)CCS1(=O)=O. The van der Waals surface area contributed by atoms with Crippen LogP contribution in [0.3, 0.4) is 0 Å². The van der Waals surface area contributed by atoms with E-state index in [0.717, 1.165) is 0 Å². The van der Waals surface area contributed by atoms with Gasteiger partial charge in [0.25, 0.3) is 0 Å². The summed E-state index contributed by atoms with van der Waals surface area (Å²) in [6, 6.07) is 0. The van der Waals surface area contributed by atoms with E-state index in [0.29, 0.717) is 0 Å². The van der Waals surface area contributed by atoms with Crippen molar-refractivity contribution in [3.05, 3.63) is 12.3 Å². The van der Waals surface area contributed by atoms with Crippen LogP contribution in [0.15, 0.2) is 12.3 Å². The molecule has 1 aliphatic rings. The third-order valence-corrected chi connectivity index (χ3v) is 7.86. The molecule has 1 saturated heterocycles. The average molecular weight is 282 g/mol. The van der Waals surface area contributed by atoms with Gasteiger partial charge in [-0.1, -0.05) is 6.08 Å². The minimum atomic E-state index is -3.36. The van der Waals surface area contributed by atoms with Gasteiger partial charge in [0.15, 0.2) is 19.7 Å². The molecule has 0 amide bonds. The highest BCUT2D eigenvalue weighted by atomic mass is 32.2. The maximum atomic E-state index is 11.9. The molecule has 17 heavy (non-hydrogen) atoms. The van der Waals surface area contributed by atoms with Crippen LogP contribution in [0.25, 0.3) is 0 Å². The monoisotopic (exact) mass is 282 g/mol. The van der Waals surface area contributed by atoms with Crippen molar-refractivity contribution in [3.63, 3.8) is 0 Å². The number of hydrogen-bond donors (Lipinski definition) is 0. The first-order valence-electron chi connectivity index (χ1n) is 5.38. The molecule has 1 rings (SSSR count). The Morgan fingerprint density at radius 1 is 1.24 bits per heavy atom. The molecule has 1 fully saturated rings. The molecule has 0 N–H and O–H groups in total. The van der Waals surface area contributed by atoms with Crippen LogP contribution in [0.2, 0.25) is 0 Å². The number of ether oxygens (including phenoxy) is 1. The van der Waals surface area contributed by atoms with Crippen molar-refractivity contribution in [1.82, 2.24) is 0 Å².